The summed E-state index contributed by atoms with van der Waals surface area (Å²) in [4.78, 5) is 50.2. The Kier molecular flexibility index (Phi) is 14.2. The van der Waals surface area contributed by atoms with E-state index in [-0.39, 0.29) is 37.9 Å². The summed E-state index contributed by atoms with van der Waals surface area (Å²) in [5.74, 6) is -5.77. The maximum atomic E-state index is 13.4. The number of hydrogen-bond acceptors (Lipinski definition) is 10. The van der Waals surface area contributed by atoms with Gasteiger partial charge in [0.05, 0.1) is 35.9 Å². The van der Waals surface area contributed by atoms with E-state index in [9.17, 15) is 27.6 Å². The van der Waals surface area contributed by atoms with Crippen LogP contribution in [0.1, 0.15) is 66.5 Å². The van der Waals surface area contributed by atoms with Gasteiger partial charge in [-0.25, -0.2) is 0 Å². The van der Waals surface area contributed by atoms with Gasteiger partial charge in [-0.2, -0.15) is 0 Å². The van der Waals surface area contributed by atoms with Gasteiger partial charge < -0.3 is 18.9 Å². The van der Waals surface area contributed by atoms with Gasteiger partial charge in [0.2, 0.25) is 0 Å². The lowest BCUT2D eigenvalue weighted by Crippen LogP contribution is -2.47. The average Bonchev–Trinajstić information content (AvgIpc) is 2.85. The Bertz CT molecular complexity index is 958. The van der Waals surface area contributed by atoms with Gasteiger partial charge in [0.1, 0.15) is 0 Å². The average molecular weight is 603 g/mol. The van der Waals surface area contributed by atoms with Crippen molar-refractivity contribution in [3.63, 3.8) is 0 Å². The summed E-state index contributed by atoms with van der Waals surface area (Å²) in [5, 5.41) is 0. The minimum absolute atomic E-state index is 0.0466. The third-order valence-corrected chi connectivity index (χ3v) is 10.3. The zero-order chi connectivity index (χ0) is 30.7. The van der Waals surface area contributed by atoms with Crippen LogP contribution in [-0.2, 0) is 71.2 Å². The summed E-state index contributed by atoms with van der Waals surface area (Å²) in [6, 6.07) is 6.85. The molecule has 0 aliphatic carbocycles. The highest BCUT2D eigenvalue weighted by Gasteiger charge is 2.48. The predicted octanol–water partition coefficient (Wildman–Crippen LogP) is 3.23. The highest BCUT2D eigenvalue weighted by Crippen LogP contribution is 2.31. The lowest BCUT2D eigenvalue weighted by Gasteiger charge is -2.30. The Morgan fingerprint density at radius 2 is 0.800 bits per heavy atom. The van der Waals surface area contributed by atoms with Crippen molar-refractivity contribution in [2.24, 2.45) is 11.8 Å². The maximum Gasteiger partial charge on any atom is 0.321 e. The predicted molar refractivity (Wildman–Crippen MR) is 152 cm³/mol. The molecule has 0 heterocycles. The molecule has 1 rings (SSSR count). The topological polar surface area (TPSA) is 139 Å². The fraction of sp³-hybridized carbons (Fsp3) is 0.643. The molecule has 0 radical (unpaired) electrons. The van der Waals surface area contributed by atoms with Crippen LogP contribution < -0.4 is 0 Å². The Hall–Kier alpha value is -2.60. The SMILES string of the molecule is CCOC(=O)C(C(=O)OCC)C(C)(C)S(=O)Cc1ccc(CS(=O)C(C)(C)C(C(=O)OCC)C(=O)OCC)cc1. The van der Waals surface area contributed by atoms with Crippen molar-refractivity contribution >= 4 is 45.5 Å². The number of benzene rings is 1. The first kappa shape index (κ1) is 35.4. The molecule has 2 atom stereocenters. The summed E-state index contributed by atoms with van der Waals surface area (Å²) >= 11 is 0. The van der Waals surface area contributed by atoms with Crippen LogP contribution in [0.2, 0.25) is 0 Å². The first-order chi connectivity index (χ1) is 18.7. The van der Waals surface area contributed by atoms with E-state index in [4.69, 9.17) is 18.9 Å². The van der Waals surface area contributed by atoms with E-state index < -0.39 is 66.8 Å². The molecule has 40 heavy (non-hydrogen) atoms. The molecule has 10 nitrogen and oxygen atoms in total. The normalized spacial score (nSPS) is 13.4. The molecular formula is C28H42O10S2. The van der Waals surface area contributed by atoms with Gasteiger partial charge in [0.15, 0.2) is 11.8 Å². The Morgan fingerprint density at radius 1 is 0.575 bits per heavy atom. The molecule has 12 heteroatoms. The monoisotopic (exact) mass is 602 g/mol. The lowest BCUT2D eigenvalue weighted by atomic mass is 9.95. The zero-order valence-electron chi connectivity index (χ0n) is 24.6. The third-order valence-electron chi connectivity index (χ3n) is 6.27. The lowest BCUT2D eigenvalue weighted by molar-refractivity contribution is -0.164. The quantitative estimate of drug-likeness (QED) is 0.157. The second-order valence-electron chi connectivity index (χ2n) is 9.88. The van der Waals surface area contributed by atoms with Crippen molar-refractivity contribution in [1.82, 2.24) is 0 Å². The van der Waals surface area contributed by atoms with Crippen LogP contribution in [0.15, 0.2) is 24.3 Å². The van der Waals surface area contributed by atoms with Crippen LogP contribution in [0.3, 0.4) is 0 Å². The van der Waals surface area contributed by atoms with Gasteiger partial charge >= 0.3 is 23.9 Å². The highest BCUT2D eigenvalue weighted by molar-refractivity contribution is 7.86. The maximum absolute atomic E-state index is 13.4. The molecule has 0 N–H and O–H groups in total. The molecule has 0 aliphatic rings. The van der Waals surface area contributed by atoms with Gasteiger partial charge in [0, 0.05) is 33.1 Å². The Labute approximate surface area is 241 Å². The van der Waals surface area contributed by atoms with Crippen LogP contribution in [-0.4, -0.2) is 68.2 Å². The standard InChI is InChI=1S/C28H42O10S2/c1-9-35-23(29)21(24(30)36-10-2)27(5,6)39(33)17-19-13-15-20(16-14-19)18-40(34)28(7,8)22(25(31)37-11-3)26(32)38-12-4/h13-16,21-22H,9-12,17-18H2,1-8H3. The molecule has 0 bridgehead atoms. The summed E-state index contributed by atoms with van der Waals surface area (Å²) in [6.07, 6.45) is 0. The zero-order valence-corrected chi connectivity index (χ0v) is 26.2. The van der Waals surface area contributed by atoms with Gasteiger partial charge in [0.25, 0.3) is 0 Å². The van der Waals surface area contributed by atoms with Crippen molar-refractivity contribution in [3.8, 4) is 0 Å². The molecule has 0 spiro atoms. The van der Waals surface area contributed by atoms with E-state index in [2.05, 4.69) is 0 Å². The smallest absolute Gasteiger partial charge is 0.321 e. The van der Waals surface area contributed by atoms with Crippen LogP contribution in [0, 0.1) is 11.8 Å². The summed E-state index contributed by atoms with van der Waals surface area (Å²) in [6.45, 7) is 13.0. The van der Waals surface area contributed by atoms with Gasteiger partial charge in [-0.15, -0.1) is 0 Å². The van der Waals surface area contributed by atoms with Crippen molar-refractivity contribution < 1.29 is 46.5 Å². The van der Waals surface area contributed by atoms with Crippen molar-refractivity contribution in [3.05, 3.63) is 35.4 Å². The van der Waals surface area contributed by atoms with Crippen LogP contribution >= 0.6 is 0 Å². The Morgan fingerprint density at radius 3 is 1.00 bits per heavy atom. The van der Waals surface area contributed by atoms with Crippen LogP contribution in [0.4, 0.5) is 0 Å². The second kappa shape index (κ2) is 16.0. The number of esters is 4. The molecule has 0 aliphatic heterocycles. The number of carbonyl (C=O) groups excluding carboxylic acids is 4. The molecule has 0 saturated heterocycles. The van der Waals surface area contributed by atoms with E-state index in [0.29, 0.717) is 11.1 Å². The van der Waals surface area contributed by atoms with E-state index in [1.165, 1.54) is 0 Å². The van der Waals surface area contributed by atoms with Crippen LogP contribution in [0.5, 0.6) is 0 Å². The number of rotatable bonds is 16. The largest absolute Gasteiger partial charge is 0.465 e. The second-order valence-corrected chi connectivity index (χ2v) is 13.9. The molecule has 0 aromatic heterocycles. The van der Waals surface area contributed by atoms with E-state index in [1.54, 1.807) is 79.7 Å². The Balaban J connectivity index is 3.09. The first-order valence-electron chi connectivity index (χ1n) is 13.2. The highest BCUT2D eigenvalue weighted by atomic mass is 32.2. The van der Waals surface area contributed by atoms with Crippen molar-refractivity contribution in [2.75, 3.05) is 26.4 Å². The molecule has 2 unspecified atom stereocenters. The molecule has 0 fully saturated rings. The minimum atomic E-state index is -1.68. The molecule has 0 saturated carbocycles. The van der Waals surface area contributed by atoms with E-state index in [1.807, 2.05) is 0 Å². The van der Waals surface area contributed by atoms with Gasteiger partial charge in [-0.05, 0) is 66.5 Å². The summed E-state index contributed by atoms with van der Waals surface area (Å²) < 4.78 is 44.4. The third kappa shape index (κ3) is 9.22. The van der Waals surface area contributed by atoms with E-state index >= 15 is 0 Å². The molecule has 1 aromatic rings. The fourth-order valence-electron chi connectivity index (χ4n) is 3.90. The first-order valence-corrected chi connectivity index (χ1v) is 15.8. The molecule has 1 aromatic carbocycles. The molecular weight excluding hydrogens is 560 g/mol. The number of ether oxygens (including phenoxy) is 4. The number of carbonyl (C=O) groups is 4. The van der Waals surface area contributed by atoms with Gasteiger partial charge in [-0.3, -0.25) is 27.6 Å². The number of hydrogen-bond donors (Lipinski definition) is 0. The fourth-order valence-corrected chi connectivity index (χ4v) is 6.54. The van der Waals surface area contributed by atoms with Crippen molar-refractivity contribution in [1.29, 1.82) is 0 Å². The molecule has 226 valence electrons. The minimum Gasteiger partial charge on any atom is -0.465 e. The van der Waals surface area contributed by atoms with E-state index in [0.717, 1.165) is 0 Å². The van der Waals surface area contributed by atoms with Crippen molar-refractivity contribution in [2.45, 2.75) is 76.4 Å². The van der Waals surface area contributed by atoms with Gasteiger partial charge in [-0.1, -0.05) is 24.3 Å². The van der Waals surface area contributed by atoms with Crippen LogP contribution in [0.25, 0.3) is 0 Å². The molecule has 0 amide bonds. The summed E-state index contributed by atoms with van der Waals surface area (Å²) in [7, 11) is -3.35. The summed E-state index contributed by atoms with van der Waals surface area (Å²) in [5.41, 5.74) is 1.34.